The van der Waals surface area contributed by atoms with Gasteiger partial charge in [-0.25, -0.2) is 0 Å². The van der Waals surface area contributed by atoms with Crippen molar-refractivity contribution >= 4 is 6.29 Å². The minimum Gasteiger partial charge on any atom is -0.372 e. The van der Waals surface area contributed by atoms with E-state index in [0.717, 1.165) is 12.7 Å². The average Bonchev–Trinajstić information content (AvgIpc) is 2.14. The number of carbonyl (C=O) groups excluding carboxylic acids is 1. The summed E-state index contributed by atoms with van der Waals surface area (Å²) in [7, 11) is 0. The van der Waals surface area contributed by atoms with Gasteiger partial charge in [0.1, 0.15) is 6.29 Å². The minimum absolute atomic E-state index is 0.104. The van der Waals surface area contributed by atoms with Crippen LogP contribution in [0.25, 0.3) is 0 Å². The molecule has 8 heavy (non-hydrogen) atoms. The van der Waals surface area contributed by atoms with Crippen LogP contribution in [0.15, 0.2) is 0 Å². The van der Waals surface area contributed by atoms with Gasteiger partial charge in [0, 0.05) is 5.92 Å². The highest BCUT2D eigenvalue weighted by atomic mass is 16.5. The van der Waals surface area contributed by atoms with Gasteiger partial charge in [0.15, 0.2) is 0 Å². The molecule has 2 nitrogen and oxygen atoms in total. The zero-order valence-electron chi connectivity index (χ0n) is 4.83. The fourth-order valence-corrected chi connectivity index (χ4v) is 0.777. The Labute approximate surface area is 48.8 Å². The van der Waals surface area contributed by atoms with Gasteiger partial charge >= 0.3 is 0 Å². The van der Waals surface area contributed by atoms with Gasteiger partial charge in [-0.15, -0.1) is 0 Å². The van der Waals surface area contributed by atoms with E-state index in [4.69, 9.17) is 4.74 Å². The van der Waals surface area contributed by atoms with Gasteiger partial charge in [-0.1, -0.05) is 0 Å². The Hall–Kier alpha value is -0.370. The normalized spacial score (nSPS) is 37.6. The van der Waals surface area contributed by atoms with Crippen molar-refractivity contribution in [2.45, 2.75) is 19.4 Å². The average molecular weight is 113 g/mol. The quantitative estimate of drug-likeness (QED) is 0.469. The van der Waals surface area contributed by atoms with Crippen LogP contribution in [-0.2, 0) is 9.53 Å². The molecule has 0 aromatic rings. The van der Waals surface area contributed by atoms with E-state index in [-0.39, 0.29) is 12.0 Å². The van der Waals surface area contributed by atoms with Gasteiger partial charge < -0.3 is 9.53 Å². The van der Waals surface area contributed by atoms with Crippen LogP contribution in [0.5, 0.6) is 0 Å². The largest absolute Gasteiger partial charge is 0.372 e. The Bertz CT molecular complexity index is 90.5. The van der Waals surface area contributed by atoms with Gasteiger partial charge in [-0.05, 0) is 13.3 Å². The van der Waals surface area contributed by atoms with Crippen LogP contribution < -0.4 is 0 Å². The van der Waals surface area contributed by atoms with Crippen molar-refractivity contribution in [3.63, 3.8) is 0 Å². The minimum atomic E-state index is 0.104. The van der Waals surface area contributed by atoms with Gasteiger partial charge in [0.2, 0.25) is 0 Å². The van der Waals surface area contributed by atoms with Crippen molar-refractivity contribution in [3.05, 3.63) is 6.61 Å². The SMILES string of the molecule is CC1O[CH]CC1C=O. The highest BCUT2D eigenvalue weighted by molar-refractivity contribution is 5.55. The summed E-state index contributed by atoms with van der Waals surface area (Å²) in [6, 6.07) is 0. The molecule has 0 saturated carbocycles. The van der Waals surface area contributed by atoms with E-state index in [0.29, 0.717) is 0 Å². The number of carbonyl (C=O) groups is 1. The van der Waals surface area contributed by atoms with Crippen LogP contribution in [0.3, 0.4) is 0 Å². The van der Waals surface area contributed by atoms with E-state index in [2.05, 4.69) is 0 Å². The summed E-state index contributed by atoms with van der Waals surface area (Å²) < 4.78 is 5.00. The van der Waals surface area contributed by atoms with Crippen molar-refractivity contribution in [3.8, 4) is 0 Å². The van der Waals surface area contributed by atoms with E-state index < -0.39 is 0 Å². The first kappa shape index (κ1) is 5.76. The summed E-state index contributed by atoms with van der Waals surface area (Å²) in [4.78, 5) is 10.1. The van der Waals surface area contributed by atoms with Crippen LogP contribution in [-0.4, -0.2) is 12.4 Å². The molecule has 0 amide bonds. The molecule has 0 N–H and O–H groups in total. The first-order valence-electron chi connectivity index (χ1n) is 2.77. The van der Waals surface area contributed by atoms with Crippen LogP contribution in [0.4, 0.5) is 0 Å². The Balaban J connectivity index is 2.41. The van der Waals surface area contributed by atoms with Crippen molar-refractivity contribution < 1.29 is 9.53 Å². The lowest BCUT2D eigenvalue weighted by Crippen LogP contribution is -2.11. The standard InChI is InChI=1S/C6H9O2/c1-5-6(4-7)2-3-8-5/h3-6H,2H2,1H3. The Kier molecular flexibility index (Phi) is 1.63. The number of hydrogen-bond acceptors (Lipinski definition) is 2. The van der Waals surface area contributed by atoms with Crippen molar-refractivity contribution in [1.82, 2.24) is 0 Å². The van der Waals surface area contributed by atoms with Gasteiger partial charge in [0.25, 0.3) is 0 Å². The van der Waals surface area contributed by atoms with Crippen molar-refractivity contribution in [2.24, 2.45) is 5.92 Å². The third-order valence-corrected chi connectivity index (χ3v) is 1.46. The first-order chi connectivity index (χ1) is 3.84. The maximum Gasteiger partial charge on any atom is 0.125 e. The second kappa shape index (κ2) is 2.27. The molecule has 1 heterocycles. The molecule has 1 radical (unpaired) electrons. The van der Waals surface area contributed by atoms with Crippen LogP contribution in [0.1, 0.15) is 13.3 Å². The van der Waals surface area contributed by atoms with Gasteiger partial charge in [-0.2, -0.15) is 0 Å². The Morgan fingerprint density at radius 1 is 1.88 bits per heavy atom. The number of ether oxygens (including phenoxy) is 1. The first-order valence-corrected chi connectivity index (χ1v) is 2.77. The van der Waals surface area contributed by atoms with Crippen molar-refractivity contribution in [2.75, 3.05) is 0 Å². The number of aldehydes is 1. The lowest BCUT2D eigenvalue weighted by atomic mass is 10.1. The molecule has 1 aliphatic heterocycles. The van der Waals surface area contributed by atoms with E-state index in [9.17, 15) is 4.79 Å². The Morgan fingerprint density at radius 3 is 2.88 bits per heavy atom. The monoisotopic (exact) mass is 113 g/mol. The third kappa shape index (κ3) is 0.892. The predicted molar refractivity (Wildman–Crippen MR) is 29.0 cm³/mol. The molecule has 0 aliphatic carbocycles. The van der Waals surface area contributed by atoms with E-state index in [1.54, 1.807) is 6.61 Å². The highest BCUT2D eigenvalue weighted by Gasteiger charge is 2.23. The molecule has 0 spiro atoms. The third-order valence-electron chi connectivity index (χ3n) is 1.46. The smallest absolute Gasteiger partial charge is 0.125 e. The fourth-order valence-electron chi connectivity index (χ4n) is 0.777. The maximum atomic E-state index is 10.1. The molecule has 0 aromatic carbocycles. The van der Waals surface area contributed by atoms with E-state index >= 15 is 0 Å². The summed E-state index contributed by atoms with van der Waals surface area (Å²) in [5.41, 5.74) is 0. The molecule has 2 unspecified atom stereocenters. The topological polar surface area (TPSA) is 26.3 Å². The molecule has 0 aromatic heterocycles. The molecule has 2 heteroatoms. The van der Waals surface area contributed by atoms with Crippen LogP contribution >= 0.6 is 0 Å². The maximum absolute atomic E-state index is 10.1. The molecular formula is C6H9O2. The molecule has 1 fully saturated rings. The van der Waals surface area contributed by atoms with Crippen LogP contribution in [0.2, 0.25) is 0 Å². The lowest BCUT2D eigenvalue weighted by molar-refractivity contribution is -0.112. The molecule has 0 bridgehead atoms. The van der Waals surface area contributed by atoms with E-state index in [1.165, 1.54) is 0 Å². The zero-order chi connectivity index (χ0) is 5.98. The summed E-state index contributed by atoms with van der Waals surface area (Å²) >= 11 is 0. The second-order valence-corrected chi connectivity index (χ2v) is 2.04. The zero-order valence-corrected chi connectivity index (χ0v) is 4.83. The van der Waals surface area contributed by atoms with E-state index in [1.807, 2.05) is 6.92 Å². The molecule has 1 aliphatic rings. The molecular weight excluding hydrogens is 104 g/mol. The predicted octanol–water partition coefficient (Wildman–Crippen LogP) is 0.772. The van der Waals surface area contributed by atoms with Gasteiger partial charge in [-0.3, -0.25) is 0 Å². The highest BCUT2D eigenvalue weighted by Crippen LogP contribution is 2.20. The summed E-state index contributed by atoms with van der Waals surface area (Å²) in [6.45, 7) is 3.60. The summed E-state index contributed by atoms with van der Waals surface area (Å²) in [5, 5.41) is 0. The molecule has 2 atom stereocenters. The Morgan fingerprint density at radius 2 is 2.62 bits per heavy atom. The lowest BCUT2D eigenvalue weighted by Gasteiger charge is -2.03. The number of rotatable bonds is 1. The fraction of sp³-hybridized carbons (Fsp3) is 0.667. The number of hydrogen-bond donors (Lipinski definition) is 0. The van der Waals surface area contributed by atoms with Crippen LogP contribution in [0, 0.1) is 12.5 Å². The van der Waals surface area contributed by atoms with Crippen molar-refractivity contribution in [1.29, 1.82) is 0 Å². The molecule has 1 rings (SSSR count). The van der Waals surface area contributed by atoms with Gasteiger partial charge in [0.05, 0.1) is 12.7 Å². The summed E-state index contributed by atoms with van der Waals surface area (Å²) in [5.74, 6) is 0.106. The summed E-state index contributed by atoms with van der Waals surface area (Å²) in [6.07, 6.45) is 1.84. The molecule has 1 saturated heterocycles. The second-order valence-electron chi connectivity index (χ2n) is 2.04. The molecule has 45 valence electrons.